The lowest BCUT2D eigenvalue weighted by Crippen LogP contribution is -2.53. The molecule has 0 saturated carbocycles. The minimum Gasteiger partial charge on any atom is -0.480 e. The summed E-state index contributed by atoms with van der Waals surface area (Å²) in [6.07, 6.45) is 0. The SMILES string of the molecule is C[C@H](NC(=O)[C@H](C)NC(=O)[C@H](C)NC(=O)c1cc([N+](=O)[O-])cc([N+](=O)[O-])c1)C(=O)O. The number of rotatable bonds is 9. The molecule has 0 bridgehead atoms. The number of benzene rings is 1. The Kier molecular flexibility index (Phi) is 7.90. The first-order valence-electron chi connectivity index (χ1n) is 8.41. The Bertz CT molecular complexity index is 869. The maximum Gasteiger partial charge on any atom is 0.325 e. The van der Waals surface area contributed by atoms with Gasteiger partial charge >= 0.3 is 5.97 Å². The normalized spacial score (nSPS) is 13.3. The number of hydrogen-bond donors (Lipinski definition) is 4. The molecule has 0 aliphatic carbocycles. The number of carboxylic acids is 1. The Morgan fingerprint density at radius 1 is 0.800 bits per heavy atom. The molecule has 0 heterocycles. The summed E-state index contributed by atoms with van der Waals surface area (Å²) in [5.41, 5.74) is -1.76. The maximum absolute atomic E-state index is 12.3. The van der Waals surface area contributed by atoms with Crippen LogP contribution < -0.4 is 16.0 Å². The van der Waals surface area contributed by atoms with Crippen LogP contribution >= 0.6 is 0 Å². The molecule has 0 aliphatic heterocycles. The smallest absolute Gasteiger partial charge is 0.325 e. The van der Waals surface area contributed by atoms with Crippen molar-refractivity contribution in [2.75, 3.05) is 0 Å². The fourth-order valence-corrected chi connectivity index (χ4v) is 2.09. The Balaban J connectivity index is 2.83. The number of hydrogen-bond acceptors (Lipinski definition) is 8. The molecule has 1 aromatic rings. The van der Waals surface area contributed by atoms with Crippen molar-refractivity contribution in [3.63, 3.8) is 0 Å². The van der Waals surface area contributed by atoms with Crippen LogP contribution in [0, 0.1) is 20.2 Å². The van der Waals surface area contributed by atoms with Gasteiger partial charge in [0.2, 0.25) is 11.8 Å². The van der Waals surface area contributed by atoms with Gasteiger partial charge in [0.25, 0.3) is 17.3 Å². The zero-order valence-corrected chi connectivity index (χ0v) is 16.1. The fraction of sp³-hybridized carbons (Fsp3) is 0.375. The van der Waals surface area contributed by atoms with Crippen LogP contribution in [0.1, 0.15) is 31.1 Å². The molecule has 1 aromatic carbocycles. The fourth-order valence-electron chi connectivity index (χ4n) is 2.09. The highest BCUT2D eigenvalue weighted by Gasteiger charge is 2.25. The molecular weight excluding hydrogens is 406 g/mol. The van der Waals surface area contributed by atoms with E-state index in [9.17, 15) is 39.4 Å². The van der Waals surface area contributed by atoms with Gasteiger partial charge in [0.15, 0.2) is 0 Å². The van der Waals surface area contributed by atoms with Crippen molar-refractivity contribution in [1.29, 1.82) is 0 Å². The van der Waals surface area contributed by atoms with E-state index in [1.165, 1.54) is 20.8 Å². The van der Waals surface area contributed by atoms with E-state index in [0.717, 1.165) is 12.1 Å². The van der Waals surface area contributed by atoms with Gasteiger partial charge in [0, 0.05) is 12.1 Å². The van der Waals surface area contributed by atoms with E-state index in [1.807, 2.05) is 0 Å². The number of nitro benzene ring substituents is 2. The van der Waals surface area contributed by atoms with Crippen LogP contribution in [0.3, 0.4) is 0 Å². The molecule has 14 nitrogen and oxygen atoms in total. The highest BCUT2D eigenvalue weighted by molar-refractivity contribution is 5.99. The first-order chi connectivity index (χ1) is 13.8. The molecule has 0 fully saturated rings. The topological polar surface area (TPSA) is 211 Å². The third-order valence-corrected chi connectivity index (χ3v) is 3.81. The largest absolute Gasteiger partial charge is 0.480 e. The second-order valence-electron chi connectivity index (χ2n) is 6.25. The minimum absolute atomic E-state index is 0.406. The number of nitrogens with zero attached hydrogens (tertiary/aromatic N) is 2. The summed E-state index contributed by atoms with van der Waals surface area (Å²) < 4.78 is 0. The second kappa shape index (κ2) is 9.90. The zero-order chi connectivity index (χ0) is 23.2. The summed E-state index contributed by atoms with van der Waals surface area (Å²) in [7, 11) is 0. The average molecular weight is 425 g/mol. The molecule has 30 heavy (non-hydrogen) atoms. The molecule has 1 rings (SSSR count). The maximum atomic E-state index is 12.3. The van der Waals surface area contributed by atoms with E-state index in [0.29, 0.717) is 6.07 Å². The van der Waals surface area contributed by atoms with Crippen LogP contribution in [0.5, 0.6) is 0 Å². The van der Waals surface area contributed by atoms with Crippen molar-refractivity contribution in [3.05, 3.63) is 44.0 Å². The summed E-state index contributed by atoms with van der Waals surface area (Å²) in [5, 5.41) is 37.2. The van der Waals surface area contributed by atoms with Gasteiger partial charge in [-0.05, 0) is 20.8 Å². The van der Waals surface area contributed by atoms with E-state index in [4.69, 9.17) is 5.11 Å². The van der Waals surface area contributed by atoms with Gasteiger partial charge in [-0.2, -0.15) is 0 Å². The Labute approximate surface area is 168 Å². The first-order valence-corrected chi connectivity index (χ1v) is 8.41. The number of amides is 3. The van der Waals surface area contributed by atoms with Gasteiger partial charge < -0.3 is 21.1 Å². The van der Waals surface area contributed by atoms with Gasteiger partial charge in [0.05, 0.1) is 21.5 Å². The third kappa shape index (κ3) is 6.50. The summed E-state index contributed by atoms with van der Waals surface area (Å²) >= 11 is 0. The lowest BCUT2D eigenvalue weighted by Gasteiger charge is -2.19. The van der Waals surface area contributed by atoms with Gasteiger partial charge in [-0.25, -0.2) is 0 Å². The number of carbonyl (C=O) groups is 4. The van der Waals surface area contributed by atoms with Gasteiger partial charge in [-0.15, -0.1) is 0 Å². The molecule has 0 aliphatic rings. The van der Waals surface area contributed by atoms with Crippen LogP contribution in [-0.2, 0) is 14.4 Å². The number of nitrogens with one attached hydrogen (secondary N) is 3. The van der Waals surface area contributed by atoms with Gasteiger partial charge in [0.1, 0.15) is 18.1 Å². The van der Waals surface area contributed by atoms with Gasteiger partial charge in [-0.3, -0.25) is 39.4 Å². The molecule has 4 N–H and O–H groups in total. The van der Waals surface area contributed by atoms with Crippen molar-refractivity contribution in [2.24, 2.45) is 0 Å². The van der Waals surface area contributed by atoms with Crippen LogP contribution in [0.4, 0.5) is 11.4 Å². The summed E-state index contributed by atoms with van der Waals surface area (Å²) in [6.45, 7) is 3.78. The highest BCUT2D eigenvalue weighted by Crippen LogP contribution is 2.22. The number of carbonyl (C=O) groups excluding carboxylic acids is 3. The standard InChI is InChI=1S/C16H19N5O9/c1-7(14(23)19-9(3)16(25)26)17-13(22)8(2)18-15(24)10-4-11(20(27)28)6-12(5-10)21(29)30/h4-9H,1-3H3,(H,17,22)(H,18,24)(H,19,23)(H,25,26)/t7-,8-,9-/m0/s1. The van der Waals surface area contributed by atoms with E-state index < -0.39 is 68.6 Å². The molecule has 0 spiro atoms. The monoisotopic (exact) mass is 425 g/mol. The molecule has 0 unspecified atom stereocenters. The van der Waals surface area contributed by atoms with E-state index in [-0.39, 0.29) is 0 Å². The van der Waals surface area contributed by atoms with Crippen molar-refractivity contribution in [3.8, 4) is 0 Å². The summed E-state index contributed by atoms with van der Waals surface area (Å²) in [4.78, 5) is 67.0. The summed E-state index contributed by atoms with van der Waals surface area (Å²) in [5.74, 6) is -3.84. The van der Waals surface area contributed by atoms with Crippen molar-refractivity contribution < 1.29 is 34.1 Å². The summed E-state index contributed by atoms with van der Waals surface area (Å²) in [6, 6.07) is -1.21. The number of carboxylic acid groups (broad SMARTS) is 1. The molecule has 3 amide bonds. The molecule has 3 atom stereocenters. The second-order valence-corrected chi connectivity index (χ2v) is 6.25. The zero-order valence-electron chi connectivity index (χ0n) is 16.1. The van der Waals surface area contributed by atoms with Crippen LogP contribution in [0.15, 0.2) is 18.2 Å². The predicted molar refractivity (Wildman–Crippen MR) is 99.5 cm³/mol. The van der Waals surface area contributed by atoms with Crippen LogP contribution in [-0.4, -0.2) is 56.8 Å². The number of aliphatic carboxylic acids is 1. The Hall–Kier alpha value is -4.10. The molecule has 162 valence electrons. The molecule has 0 saturated heterocycles. The van der Waals surface area contributed by atoms with Gasteiger partial charge in [-0.1, -0.05) is 0 Å². The van der Waals surface area contributed by atoms with E-state index in [2.05, 4.69) is 16.0 Å². The first kappa shape index (κ1) is 23.9. The van der Waals surface area contributed by atoms with Crippen molar-refractivity contribution in [1.82, 2.24) is 16.0 Å². The molecule has 14 heteroatoms. The average Bonchev–Trinajstić information content (AvgIpc) is 2.66. The Morgan fingerprint density at radius 3 is 1.60 bits per heavy atom. The van der Waals surface area contributed by atoms with E-state index in [1.54, 1.807) is 0 Å². The van der Waals surface area contributed by atoms with Crippen molar-refractivity contribution >= 4 is 35.1 Å². The lowest BCUT2D eigenvalue weighted by atomic mass is 10.1. The van der Waals surface area contributed by atoms with E-state index >= 15 is 0 Å². The van der Waals surface area contributed by atoms with Crippen LogP contribution in [0.25, 0.3) is 0 Å². The number of non-ortho nitro benzene ring substituents is 2. The minimum atomic E-state index is -1.27. The third-order valence-electron chi connectivity index (χ3n) is 3.81. The molecule has 0 radical (unpaired) electrons. The van der Waals surface area contributed by atoms with Crippen LogP contribution in [0.2, 0.25) is 0 Å². The molecular formula is C16H19N5O9. The highest BCUT2D eigenvalue weighted by atomic mass is 16.6. The number of nitro groups is 2. The Morgan fingerprint density at radius 2 is 1.20 bits per heavy atom. The quantitative estimate of drug-likeness (QED) is 0.302. The molecule has 0 aromatic heterocycles. The van der Waals surface area contributed by atoms with Crippen molar-refractivity contribution in [2.45, 2.75) is 38.9 Å². The lowest BCUT2D eigenvalue weighted by molar-refractivity contribution is -0.394. The predicted octanol–water partition coefficient (Wildman–Crippen LogP) is -0.285.